The van der Waals surface area contributed by atoms with E-state index >= 15 is 0 Å². The molecule has 114 valence electrons. The largest absolute Gasteiger partial charge is 0.492 e. The molecule has 0 atom stereocenters. The molecule has 0 spiro atoms. The fourth-order valence-electron chi connectivity index (χ4n) is 2.27. The van der Waals surface area contributed by atoms with Gasteiger partial charge in [0.1, 0.15) is 12.4 Å². The number of nitrogens with one attached hydrogen (secondary N) is 1. The second-order valence-electron chi connectivity index (χ2n) is 5.30. The van der Waals surface area contributed by atoms with Gasteiger partial charge in [0.15, 0.2) is 0 Å². The minimum absolute atomic E-state index is 0.631. The van der Waals surface area contributed by atoms with Gasteiger partial charge in [-0.1, -0.05) is 19.1 Å². The highest BCUT2D eigenvalue weighted by Crippen LogP contribution is 2.14. The third-order valence-electron chi connectivity index (χ3n) is 3.79. The second-order valence-corrected chi connectivity index (χ2v) is 5.30. The Bertz CT molecular complexity index is 590. The van der Waals surface area contributed by atoms with E-state index in [1.54, 1.807) is 0 Å². The van der Waals surface area contributed by atoms with Crippen molar-refractivity contribution in [1.82, 2.24) is 15.1 Å². The van der Waals surface area contributed by atoms with Gasteiger partial charge in [-0.2, -0.15) is 5.10 Å². The maximum atomic E-state index is 5.85. The van der Waals surface area contributed by atoms with Crippen LogP contribution in [0.1, 0.15) is 29.4 Å². The van der Waals surface area contributed by atoms with Crippen molar-refractivity contribution in [2.24, 2.45) is 0 Å². The highest BCUT2D eigenvalue weighted by Gasteiger charge is 2.06. The normalized spacial score (nSPS) is 10.9. The first-order valence-electron chi connectivity index (χ1n) is 7.55. The van der Waals surface area contributed by atoms with Gasteiger partial charge in [0.05, 0.1) is 12.2 Å². The van der Waals surface area contributed by atoms with E-state index in [0.717, 1.165) is 31.1 Å². The first-order valence-corrected chi connectivity index (χ1v) is 7.55. The Morgan fingerprint density at radius 2 is 2.05 bits per heavy atom. The number of hydrogen-bond acceptors (Lipinski definition) is 3. The van der Waals surface area contributed by atoms with E-state index in [1.165, 1.54) is 16.8 Å². The molecule has 1 aromatic heterocycles. The summed E-state index contributed by atoms with van der Waals surface area (Å²) < 4.78 is 7.87. The van der Waals surface area contributed by atoms with Gasteiger partial charge in [0, 0.05) is 12.2 Å². The van der Waals surface area contributed by atoms with E-state index in [-0.39, 0.29) is 0 Å². The lowest BCUT2D eigenvalue weighted by molar-refractivity contribution is 0.289. The van der Waals surface area contributed by atoms with Crippen LogP contribution < -0.4 is 10.1 Å². The first-order chi connectivity index (χ1) is 10.1. The van der Waals surface area contributed by atoms with E-state index in [1.807, 2.05) is 23.7 Å². The Kier molecular flexibility index (Phi) is 5.39. The van der Waals surface area contributed by atoms with Crippen molar-refractivity contribution in [2.45, 2.75) is 40.8 Å². The molecular weight excluding hydrogens is 262 g/mol. The van der Waals surface area contributed by atoms with E-state index in [0.29, 0.717) is 6.61 Å². The number of ether oxygens (including phenoxy) is 1. The summed E-state index contributed by atoms with van der Waals surface area (Å²) in [6.45, 7) is 11.6. The van der Waals surface area contributed by atoms with Crippen LogP contribution in [0.5, 0.6) is 5.75 Å². The number of rotatable bonds is 7. The molecule has 0 saturated carbocycles. The summed E-state index contributed by atoms with van der Waals surface area (Å²) >= 11 is 0. The van der Waals surface area contributed by atoms with Gasteiger partial charge >= 0.3 is 0 Å². The molecule has 0 unspecified atom stereocenters. The average Bonchev–Trinajstić information content (AvgIpc) is 2.73. The van der Waals surface area contributed by atoms with Crippen LogP contribution in [0.4, 0.5) is 0 Å². The lowest BCUT2D eigenvalue weighted by atomic mass is 10.2. The van der Waals surface area contributed by atoms with Gasteiger partial charge in [-0.3, -0.25) is 4.68 Å². The van der Waals surface area contributed by atoms with E-state index in [4.69, 9.17) is 4.74 Å². The number of aryl methyl sites for hydroxylation is 1. The van der Waals surface area contributed by atoms with Crippen LogP contribution in [0.3, 0.4) is 0 Å². The van der Waals surface area contributed by atoms with Crippen molar-refractivity contribution < 1.29 is 4.74 Å². The third kappa shape index (κ3) is 4.08. The van der Waals surface area contributed by atoms with Crippen molar-refractivity contribution in [3.8, 4) is 5.75 Å². The highest BCUT2D eigenvalue weighted by atomic mass is 16.5. The monoisotopic (exact) mass is 287 g/mol. The Morgan fingerprint density at radius 1 is 1.24 bits per heavy atom. The fraction of sp³-hybridized carbons (Fsp3) is 0.471. The van der Waals surface area contributed by atoms with E-state index in [9.17, 15) is 0 Å². The van der Waals surface area contributed by atoms with Crippen molar-refractivity contribution in [3.63, 3.8) is 0 Å². The van der Waals surface area contributed by atoms with E-state index < -0.39 is 0 Å². The van der Waals surface area contributed by atoms with Crippen molar-refractivity contribution in [3.05, 3.63) is 46.8 Å². The van der Waals surface area contributed by atoms with Gasteiger partial charge in [0.25, 0.3) is 0 Å². The van der Waals surface area contributed by atoms with Crippen LogP contribution in [0, 0.1) is 20.8 Å². The Labute approximate surface area is 127 Å². The zero-order valence-corrected chi connectivity index (χ0v) is 13.4. The van der Waals surface area contributed by atoms with Crippen molar-refractivity contribution in [2.75, 3.05) is 13.2 Å². The van der Waals surface area contributed by atoms with Crippen molar-refractivity contribution >= 4 is 0 Å². The predicted molar refractivity (Wildman–Crippen MR) is 85.8 cm³/mol. The quantitative estimate of drug-likeness (QED) is 0.851. The van der Waals surface area contributed by atoms with Crippen LogP contribution in [0.25, 0.3) is 0 Å². The van der Waals surface area contributed by atoms with Crippen molar-refractivity contribution in [1.29, 1.82) is 0 Å². The number of benzene rings is 1. The molecule has 0 bridgehead atoms. The number of nitrogens with zero attached hydrogens (tertiary/aromatic N) is 2. The molecule has 0 aliphatic carbocycles. The molecule has 0 radical (unpaired) electrons. The molecule has 4 nitrogen and oxygen atoms in total. The number of hydrogen-bond donors (Lipinski definition) is 1. The zero-order chi connectivity index (χ0) is 15.2. The molecule has 4 heteroatoms. The van der Waals surface area contributed by atoms with Gasteiger partial charge in [0.2, 0.25) is 0 Å². The molecular formula is C17H25N3O. The molecule has 1 heterocycles. The smallest absolute Gasteiger partial charge is 0.119 e. The summed E-state index contributed by atoms with van der Waals surface area (Å²) in [5.74, 6) is 0.920. The first kappa shape index (κ1) is 15.6. The second kappa shape index (κ2) is 7.27. The molecule has 1 aromatic carbocycles. The SMILES string of the molecule is CCNCc1cccc(OCCn2nc(C)c(C)c2C)c1. The van der Waals surface area contributed by atoms with Crippen LogP contribution >= 0.6 is 0 Å². The molecule has 0 aliphatic heterocycles. The van der Waals surface area contributed by atoms with Crippen LogP contribution in [0.2, 0.25) is 0 Å². The molecule has 2 rings (SSSR count). The van der Waals surface area contributed by atoms with Gasteiger partial charge in [-0.05, 0) is 50.6 Å². The molecule has 1 N–H and O–H groups in total. The molecule has 0 amide bonds. The molecule has 0 fully saturated rings. The topological polar surface area (TPSA) is 39.1 Å². The average molecular weight is 287 g/mol. The summed E-state index contributed by atoms with van der Waals surface area (Å²) in [4.78, 5) is 0. The minimum Gasteiger partial charge on any atom is -0.492 e. The molecule has 21 heavy (non-hydrogen) atoms. The predicted octanol–water partition coefficient (Wildman–Crippen LogP) is 3.00. The Balaban J connectivity index is 1.89. The summed E-state index contributed by atoms with van der Waals surface area (Å²) in [5, 5.41) is 7.85. The van der Waals surface area contributed by atoms with Gasteiger partial charge in [-0.25, -0.2) is 0 Å². The Morgan fingerprint density at radius 3 is 2.71 bits per heavy atom. The zero-order valence-electron chi connectivity index (χ0n) is 13.4. The van der Waals surface area contributed by atoms with E-state index in [2.05, 4.69) is 43.3 Å². The fourth-order valence-corrected chi connectivity index (χ4v) is 2.27. The summed E-state index contributed by atoms with van der Waals surface area (Å²) in [6, 6.07) is 8.24. The van der Waals surface area contributed by atoms with Crippen LogP contribution in [0.15, 0.2) is 24.3 Å². The maximum Gasteiger partial charge on any atom is 0.119 e. The lowest BCUT2D eigenvalue weighted by Crippen LogP contribution is -2.12. The lowest BCUT2D eigenvalue weighted by Gasteiger charge is -2.09. The van der Waals surface area contributed by atoms with Crippen LogP contribution in [-0.4, -0.2) is 22.9 Å². The standard InChI is InChI=1S/C17H25N3O/c1-5-18-12-16-7-6-8-17(11-16)21-10-9-20-15(4)13(2)14(3)19-20/h6-8,11,18H,5,9-10,12H2,1-4H3. The van der Waals surface area contributed by atoms with Crippen LogP contribution in [-0.2, 0) is 13.1 Å². The highest BCUT2D eigenvalue weighted by molar-refractivity contribution is 5.28. The molecule has 0 aliphatic rings. The van der Waals surface area contributed by atoms with Gasteiger partial charge < -0.3 is 10.1 Å². The third-order valence-corrected chi connectivity index (χ3v) is 3.79. The summed E-state index contributed by atoms with van der Waals surface area (Å²) in [5.41, 5.74) is 4.83. The Hall–Kier alpha value is -1.81. The minimum atomic E-state index is 0.631. The summed E-state index contributed by atoms with van der Waals surface area (Å²) in [6.07, 6.45) is 0. The molecule has 2 aromatic rings. The molecule has 0 saturated heterocycles. The number of aromatic nitrogens is 2. The van der Waals surface area contributed by atoms with Gasteiger partial charge in [-0.15, -0.1) is 0 Å². The maximum absolute atomic E-state index is 5.85. The summed E-state index contributed by atoms with van der Waals surface area (Å²) in [7, 11) is 0.